The Morgan fingerprint density at radius 2 is 2.11 bits per heavy atom. The third kappa shape index (κ3) is 2.93. The van der Waals surface area contributed by atoms with E-state index < -0.39 is 5.41 Å². The molecule has 1 aliphatic rings. The highest BCUT2D eigenvalue weighted by atomic mass is 35.5. The van der Waals surface area contributed by atoms with Gasteiger partial charge in [0.2, 0.25) is 0 Å². The molecular weight excluding hydrogens is 262 g/mol. The number of ether oxygens (including phenoxy) is 1. The van der Waals surface area contributed by atoms with Gasteiger partial charge in [0.25, 0.3) is 0 Å². The second-order valence-electron chi connectivity index (χ2n) is 5.12. The summed E-state index contributed by atoms with van der Waals surface area (Å²) in [6, 6.07) is 7.60. The Morgan fingerprint density at radius 1 is 1.42 bits per heavy atom. The first-order chi connectivity index (χ1) is 9.08. The Bertz CT molecular complexity index is 453. The quantitative estimate of drug-likeness (QED) is 0.798. The molecular formula is C15H20ClNO2. The predicted octanol–water partition coefficient (Wildman–Crippen LogP) is 2.87. The number of carbonyl (C=O) groups is 1. The molecule has 0 unspecified atom stereocenters. The largest absolute Gasteiger partial charge is 0.465 e. The molecule has 1 fully saturated rings. The van der Waals surface area contributed by atoms with Crippen LogP contribution in [0.1, 0.15) is 25.3 Å². The summed E-state index contributed by atoms with van der Waals surface area (Å²) < 4.78 is 5.31. The molecule has 1 aliphatic heterocycles. The predicted molar refractivity (Wildman–Crippen MR) is 76.5 cm³/mol. The minimum absolute atomic E-state index is 0.120. The molecule has 0 radical (unpaired) electrons. The number of rotatable bonds is 3. The van der Waals surface area contributed by atoms with E-state index in [4.69, 9.17) is 16.3 Å². The third-order valence-corrected chi connectivity index (χ3v) is 4.12. The van der Waals surface area contributed by atoms with E-state index in [2.05, 4.69) is 11.9 Å². The van der Waals surface area contributed by atoms with Gasteiger partial charge in [0.15, 0.2) is 0 Å². The average Bonchev–Trinajstić information content (AvgIpc) is 2.40. The second kappa shape index (κ2) is 5.93. The average molecular weight is 282 g/mol. The Labute approximate surface area is 119 Å². The fraction of sp³-hybridized carbons (Fsp3) is 0.533. The zero-order chi connectivity index (χ0) is 13.9. The van der Waals surface area contributed by atoms with E-state index in [0.29, 0.717) is 11.6 Å². The van der Waals surface area contributed by atoms with E-state index in [1.807, 2.05) is 31.2 Å². The van der Waals surface area contributed by atoms with Gasteiger partial charge < -0.3 is 9.64 Å². The van der Waals surface area contributed by atoms with Gasteiger partial charge in [-0.2, -0.15) is 0 Å². The molecule has 4 heteroatoms. The van der Waals surface area contributed by atoms with Gasteiger partial charge in [0, 0.05) is 5.02 Å². The number of halogens is 1. The van der Waals surface area contributed by atoms with Crippen molar-refractivity contribution in [3.8, 4) is 0 Å². The molecule has 1 heterocycles. The molecule has 0 spiro atoms. The van der Waals surface area contributed by atoms with Gasteiger partial charge >= 0.3 is 5.97 Å². The van der Waals surface area contributed by atoms with Crippen LogP contribution >= 0.6 is 11.6 Å². The lowest BCUT2D eigenvalue weighted by atomic mass is 9.73. The van der Waals surface area contributed by atoms with E-state index in [1.54, 1.807) is 0 Å². The molecule has 1 aromatic carbocycles. The van der Waals surface area contributed by atoms with Gasteiger partial charge in [-0.1, -0.05) is 23.7 Å². The van der Waals surface area contributed by atoms with Crippen molar-refractivity contribution in [1.82, 2.24) is 4.90 Å². The maximum absolute atomic E-state index is 12.5. The highest BCUT2D eigenvalue weighted by Crippen LogP contribution is 2.37. The molecule has 0 bridgehead atoms. The van der Waals surface area contributed by atoms with Gasteiger partial charge in [-0.25, -0.2) is 0 Å². The van der Waals surface area contributed by atoms with Crippen molar-refractivity contribution in [3.05, 3.63) is 34.9 Å². The number of esters is 1. The number of nitrogens with zero attached hydrogens (tertiary/aromatic N) is 1. The van der Waals surface area contributed by atoms with Crippen molar-refractivity contribution in [3.63, 3.8) is 0 Å². The Balaban J connectivity index is 2.36. The SMILES string of the molecule is CCOC(=O)C1(c2cccc(Cl)c2)CCN(C)CC1. The topological polar surface area (TPSA) is 29.5 Å². The number of hydrogen-bond donors (Lipinski definition) is 0. The smallest absolute Gasteiger partial charge is 0.316 e. The van der Waals surface area contributed by atoms with Crippen molar-refractivity contribution in [2.75, 3.05) is 26.7 Å². The molecule has 3 nitrogen and oxygen atoms in total. The van der Waals surface area contributed by atoms with Gasteiger partial charge in [0.1, 0.15) is 0 Å². The van der Waals surface area contributed by atoms with Gasteiger partial charge in [-0.05, 0) is 57.6 Å². The van der Waals surface area contributed by atoms with Crippen molar-refractivity contribution < 1.29 is 9.53 Å². The van der Waals surface area contributed by atoms with Crippen LogP contribution in [0.25, 0.3) is 0 Å². The fourth-order valence-electron chi connectivity index (χ4n) is 2.67. The van der Waals surface area contributed by atoms with Gasteiger partial charge in [0.05, 0.1) is 12.0 Å². The minimum atomic E-state index is -0.534. The van der Waals surface area contributed by atoms with Crippen molar-refractivity contribution >= 4 is 17.6 Å². The van der Waals surface area contributed by atoms with Crippen molar-refractivity contribution in [1.29, 1.82) is 0 Å². The molecule has 0 aromatic heterocycles. The monoisotopic (exact) mass is 281 g/mol. The van der Waals surface area contributed by atoms with E-state index in [0.717, 1.165) is 31.5 Å². The van der Waals surface area contributed by atoms with Crippen LogP contribution in [0.5, 0.6) is 0 Å². The number of carbonyl (C=O) groups excluding carboxylic acids is 1. The molecule has 0 atom stereocenters. The van der Waals surface area contributed by atoms with Crippen LogP contribution in [-0.2, 0) is 14.9 Å². The van der Waals surface area contributed by atoms with Crippen molar-refractivity contribution in [2.24, 2.45) is 0 Å². The summed E-state index contributed by atoms with van der Waals surface area (Å²) in [6.45, 7) is 4.05. The molecule has 0 amide bonds. The maximum atomic E-state index is 12.5. The van der Waals surface area contributed by atoms with E-state index in [9.17, 15) is 4.79 Å². The van der Waals surface area contributed by atoms with Crippen LogP contribution in [0.4, 0.5) is 0 Å². The molecule has 1 aromatic rings. The summed E-state index contributed by atoms with van der Waals surface area (Å²) in [7, 11) is 2.08. The molecule has 0 N–H and O–H groups in total. The van der Waals surface area contributed by atoms with Crippen LogP contribution < -0.4 is 0 Å². The van der Waals surface area contributed by atoms with Crippen LogP contribution in [0.3, 0.4) is 0 Å². The van der Waals surface area contributed by atoms with Gasteiger partial charge in [-0.3, -0.25) is 4.79 Å². The zero-order valence-corrected chi connectivity index (χ0v) is 12.2. The lowest BCUT2D eigenvalue weighted by Crippen LogP contribution is -2.47. The first kappa shape index (κ1) is 14.4. The minimum Gasteiger partial charge on any atom is -0.465 e. The Morgan fingerprint density at radius 3 is 2.68 bits per heavy atom. The molecule has 19 heavy (non-hydrogen) atoms. The van der Waals surface area contributed by atoms with E-state index in [-0.39, 0.29) is 5.97 Å². The zero-order valence-electron chi connectivity index (χ0n) is 11.5. The van der Waals surface area contributed by atoms with Crippen LogP contribution in [0.2, 0.25) is 5.02 Å². The first-order valence-electron chi connectivity index (χ1n) is 6.70. The molecule has 104 valence electrons. The van der Waals surface area contributed by atoms with Crippen LogP contribution in [0, 0.1) is 0 Å². The highest BCUT2D eigenvalue weighted by molar-refractivity contribution is 6.30. The normalized spacial score (nSPS) is 19.1. The second-order valence-corrected chi connectivity index (χ2v) is 5.55. The summed E-state index contributed by atoms with van der Waals surface area (Å²) in [5, 5.41) is 0.667. The summed E-state index contributed by atoms with van der Waals surface area (Å²) in [6.07, 6.45) is 1.56. The summed E-state index contributed by atoms with van der Waals surface area (Å²) in [4.78, 5) is 14.7. The van der Waals surface area contributed by atoms with Crippen LogP contribution in [-0.4, -0.2) is 37.6 Å². The first-order valence-corrected chi connectivity index (χ1v) is 7.08. The number of piperidine rings is 1. The lowest BCUT2D eigenvalue weighted by molar-refractivity contribution is -0.152. The molecule has 2 rings (SSSR count). The standard InChI is InChI=1S/C15H20ClNO2/c1-3-19-14(18)15(7-9-17(2)10-8-15)12-5-4-6-13(16)11-12/h4-6,11H,3,7-10H2,1-2H3. The number of hydrogen-bond acceptors (Lipinski definition) is 3. The lowest BCUT2D eigenvalue weighted by Gasteiger charge is -2.39. The highest BCUT2D eigenvalue weighted by Gasteiger charge is 2.43. The maximum Gasteiger partial charge on any atom is 0.316 e. The Kier molecular flexibility index (Phi) is 4.48. The number of benzene rings is 1. The molecule has 0 aliphatic carbocycles. The molecule has 0 saturated carbocycles. The number of likely N-dealkylation sites (tertiary alicyclic amines) is 1. The van der Waals surface area contributed by atoms with Crippen molar-refractivity contribution in [2.45, 2.75) is 25.2 Å². The summed E-state index contributed by atoms with van der Waals surface area (Å²) >= 11 is 6.07. The van der Waals surface area contributed by atoms with E-state index >= 15 is 0 Å². The van der Waals surface area contributed by atoms with E-state index in [1.165, 1.54) is 0 Å². The van der Waals surface area contributed by atoms with Gasteiger partial charge in [-0.15, -0.1) is 0 Å². The van der Waals surface area contributed by atoms with Crippen LogP contribution in [0.15, 0.2) is 24.3 Å². The summed E-state index contributed by atoms with van der Waals surface area (Å²) in [5.41, 5.74) is 0.444. The fourth-order valence-corrected chi connectivity index (χ4v) is 2.86. The third-order valence-electron chi connectivity index (χ3n) is 3.88. The Hall–Kier alpha value is -1.06. The summed E-state index contributed by atoms with van der Waals surface area (Å²) in [5.74, 6) is -0.120. The molecule has 1 saturated heterocycles.